The molecule has 1 aromatic rings. The minimum Gasteiger partial charge on any atom is -0.427 e. The first-order valence-corrected chi connectivity index (χ1v) is 11.2. The van der Waals surface area contributed by atoms with E-state index >= 15 is 0 Å². The van der Waals surface area contributed by atoms with Gasteiger partial charge in [0.1, 0.15) is 5.75 Å². The second-order valence-corrected chi connectivity index (χ2v) is 7.56. The van der Waals surface area contributed by atoms with Crippen LogP contribution in [0.5, 0.6) is 5.75 Å². The highest BCUT2D eigenvalue weighted by Gasteiger charge is 2.08. The van der Waals surface area contributed by atoms with E-state index in [1.165, 1.54) is 88.5 Å². The molecule has 0 spiro atoms. The van der Waals surface area contributed by atoms with Gasteiger partial charge >= 0.3 is 5.97 Å². The van der Waals surface area contributed by atoms with Gasteiger partial charge in [-0.25, -0.2) is 0 Å². The molecular weight excluding hydrogens is 366 g/mol. The number of ether oxygens (including phenoxy) is 1. The van der Waals surface area contributed by atoms with Crippen LogP contribution in [-0.4, -0.2) is 10.9 Å². The second-order valence-electron chi connectivity index (χ2n) is 7.56. The number of esters is 1. The van der Waals surface area contributed by atoms with E-state index in [1.54, 1.807) is 0 Å². The summed E-state index contributed by atoms with van der Waals surface area (Å²) < 4.78 is 5.20. The summed E-state index contributed by atoms with van der Waals surface area (Å²) >= 11 is 0. The first kappa shape index (κ1) is 24.9. The van der Waals surface area contributed by atoms with Crippen molar-refractivity contribution in [1.82, 2.24) is 0 Å². The van der Waals surface area contributed by atoms with Gasteiger partial charge in [-0.2, -0.15) is 0 Å². The largest absolute Gasteiger partial charge is 0.427 e. The summed E-state index contributed by atoms with van der Waals surface area (Å²) in [5.74, 6) is 0.0796. The number of benzene rings is 1. The summed E-state index contributed by atoms with van der Waals surface area (Å²) in [5.41, 5.74) is -0.0109. The standard InChI is InChI=1S/C24H37NO4/c1-2-3-4-5-6-7-8-9-10-11-12-13-14-15-16-17-24(26)29-23-20-18-22(19-21-23)25(27)28/h7-8,18-21H,2-6,9-17H2,1H3/b8-7+. The third-order valence-corrected chi connectivity index (χ3v) is 4.92. The van der Waals surface area contributed by atoms with Gasteiger partial charge < -0.3 is 4.74 Å². The molecule has 0 saturated carbocycles. The number of unbranched alkanes of at least 4 members (excludes halogenated alkanes) is 11. The molecule has 0 saturated heterocycles. The number of carbonyl (C=O) groups excluding carboxylic acids is 1. The van der Waals surface area contributed by atoms with Crippen LogP contribution < -0.4 is 4.74 Å². The number of nitro groups is 1. The summed E-state index contributed by atoms with van der Waals surface area (Å²) in [6.07, 6.45) is 20.9. The average Bonchev–Trinajstić information content (AvgIpc) is 2.71. The summed E-state index contributed by atoms with van der Waals surface area (Å²) in [5, 5.41) is 10.6. The third-order valence-electron chi connectivity index (χ3n) is 4.92. The highest BCUT2D eigenvalue weighted by Crippen LogP contribution is 2.18. The van der Waals surface area contributed by atoms with Gasteiger partial charge in [0, 0.05) is 18.6 Å². The van der Waals surface area contributed by atoms with Crippen molar-refractivity contribution in [1.29, 1.82) is 0 Å². The van der Waals surface area contributed by atoms with Crippen LogP contribution in [-0.2, 0) is 4.79 Å². The van der Waals surface area contributed by atoms with E-state index in [-0.39, 0.29) is 11.7 Å². The van der Waals surface area contributed by atoms with Crippen LogP contribution in [0.15, 0.2) is 36.4 Å². The normalized spacial score (nSPS) is 11.1. The summed E-state index contributed by atoms with van der Waals surface area (Å²) in [7, 11) is 0. The van der Waals surface area contributed by atoms with Gasteiger partial charge in [-0.3, -0.25) is 14.9 Å². The zero-order valence-electron chi connectivity index (χ0n) is 17.9. The molecule has 0 fully saturated rings. The molecule has 0 amide bonds. The Morgan fingerprint density at radius 3 is 1.93 bits per heavy atom. The van der Waals surface area contributed by atoms with E-state index in [9.17, 15) is 14.9 Å². The maximum atomic E-state index is 11.8. The fourth-order valence-corrected chi connectivity index (χ4v) is 3.16. The van der Waals surface area contributed by atoms with Crippen LogP contribution in [0, 0.1) is 10.1 Å². The monoisotopic (exact) mass is 403 g/mol. The van der Waals surface area contributed by atoms with Gasteiger partial charge in [0.15, 0.2) is 0 Å². The van der Waals surface area contributed by atoms with Crippen molar-refractivity contribution < 1.29 is 14.5 Å². The first-order valence-electron chi connectivity index (χ1n) is 11.2. The molecule has 0 aliphatic rings. The molecule has 0 aliphatic heterocycles. The molecule has 0 aromatic heterocycles. The van der Waals surface area contributed by atoms with Gasteiger partial charge in [-0.1, -0.05) is 70.4 Å². The van der Waals surface area contributed by atoms with Crippen molar-refractivity contribution in [3.8, 4) is 5.75 Å². The number of allylic oxidation sites excluding steroid dienone is 2. The van der Waals surface area contributed by atoms with Crippen LogP contribution in [0.25, 0.3) is 0 Å². The summed E-state index contributed by atoms with van der Waals surface area (Å²) in [6.45, 7) is 2.24. The molecule has 0 unspecified atom stereocenters. The van der Waals surface area contributed by atoms with Crippen molar-refractivity contribution in [3.05, 3.63) is 46.5 Å². The molecule has 0 N–H and O–H groups in total. The predicted octanol–water partition coefficient (Wildman–Crippen LogP) is 7.54. The van der Waals surface area contributed by atoms with E-state index in [1.807, 2.05) is 0 Å². The van der Waals surface area contributed by atoms with Crippen molar-refractivity contribution in [3.63, 3.8) is 0 Å². The van der Waals surface area contributed by atoms with Crippen LogP contribution in [0.1, 0.15) is 96.8 Å². The van der Waals surface area contributed by atoms with Gasteiger partial charge in [0.25, 0.3) is 5.69 Å². The second kappa shape index (κ2) is 16.8. The SMILES string of the molecule is CCCCCC/C=C/CCCCCCCCCC(=O)Oc1ccc([N+](=O)[O-])cc1. The summed E-state index contributed by atoms with van der Waals surface area (Å²) in [4.78, 5) is 21.9. The highest BCUT2D eigenvalue weighted by molar-refractivity contribution is 5.72. The Hall–Kier alpha value is -2.17. The number of nitro benzene ring substituents is 1. The van der Waals surface area contributed by atoms with E-state index in [0.717, 1.165) is 19.3 Å². The lowest BCUT2D eigenvalue weighted by Gasteiger charge is -2.04. The zero-order valence-corrected chi connectivity index (χ0v) is 17.9. The molecule has 162 valence electrons. The van der Waals surface area contributed by atoms with Gasteiger partial charge in [-0.15, -0.1) is 0 Å². The lowest BCUT2D eigenvalue weighted by atomic mass is 10.1. The minimum atomic E-state index is -0.474. The fraction of sp³-hybridized carbons (Fsp3) is 0.625. The molecule has 5 heteroatoms. The molecule has 0 radical (unpaired) electrons. The Morgan fingerprint density at radius 1 is 0.862 bits per heavy atom. The van der Waals surface area contributed by atoms with Crippen LogP contribution in [0.2, 0.25) is 0 Å². The molecule has 29 heavy (non-hydrogen) atoms. The number of non-ortho nitro benzene ring substituents is 1. The lowest BCUT2D eigenvalue weighted by molar-refractivity contribution is -0.384. The molecule has 0 bridgehead atoms. The smallest absolute Gasteiger partial charge is 0.311 e. The average molecular weight is 404 g/mol. The molecular formula is C24H37NO4. The van der Waals surface area contributed by atoms with E-state index in [4.69, 9.17) is 4.74 Å². The molecule has 0 heterocycles. The molecule has 0 atom stereocenters. The molecule has 1 aromatic carbocycles. The highest BCUT2D eigenvalue weighted by atomic mass is 16.6. The lowest BCUT2D eigenvalue weighted by Crippen LogP contribution is -2.07. The number of hydrogen-bond donors (Lipinski definition) is 0. The third kappa shape index (κ3) is 13.6. The van der Waals surface area contributed by atoms with Crippen molar-refractivity contribution in [2.24, 2.45) is 0 Å². The summed E-state index contributed by atoms with van der Waals surface area (Å²) in [6, 6.07) is 5.59. The van der Waals surface area contributed by atoms with Gasteiger partial charge in [0.2, 0.25) is 0 Å². The van der Waals surface area contributed by atoms with E-state index in [0.29, 0.717) is 12.2 Å². The number of nitrogens with zero attached hydrogens (tertiary/aromatic N) is 1. The maximum Gasteiger partial charge on any atom is 0.311 e. The Balaban J connectivity index is 1.92. The predicted molar refractivity (Wildman–Crippen MR) is 118 cm³/mol. The number of carbonyl (C=O) groups is 1. The van der Waals surface area contributed by atoms with Crippen molar-refractivity contribution in [2.75, 3.05) is 0 Å². The van der Waals surface area contributed by atoms with E-state index < -0.39 is 4.92 Å². The van der Waals surface area contributed by atoms with Crippen LogP contribution >= 0.6 is 0 Å². The maximum absolute atomic E-state index is 11.8. The van der Waals surface area contributed by atoms with Crippen LogP contribution in [0.3, 0.4) is 0 Å². The molecule has 1 rings (SSSR count). The Kier molecular flexibility index (Phi) is 14.4. The molecule has 0 aliphatic carbocycles. The first-order chi connectivity index (χ1) is 14.1. The van der Waals surface area contributed by atoms with Crippen molar-refractivity contribution in [2.45, 2.75) is 96.8 Å². The molecule has 5 nitrogen and oxygen atoms in total. The Bertz CT molecular complexity index is 595. The Morgan fingerprint density at radius 2 is 1.38 bits per heavy atom. The Labute approximate surface area is 175 Å². The van der Waals surface area contributed by atoms with E-state index in [2.05, 4.69) is 19.1 Å². The zero-order chi connectivity index (χ0) is 21.2. The fourth-order valence-electron chi connectivity index (χ4n) is 3.16. The van der Waals surface area contributed by atoms with Gasteiger partial charge in [0.05, 0.1) is 4.92 Å². The number of rotatable bonds is 17. The van der Waals surface area contributed by atoms with Crippen LogP contribution in [0.4, 0.5) is 5.69 Å². The quantitative estimate of drug-likeness (QED) is 0.0672. The topological polar surface area (TPSA) is 69.4 Å². The minimum absolute atomic E-state index is 0.0109. The van der Waals surface area contributed by atoms with Crippen molar-refractivity contribution >= 4 is 11.7 Å². The number of hydrogen-bond acceptors (Lipinski definition) is 4. The van der Waals surface area contributed by atoms with Gasteiger partial charge in [-0.05, 0) is 44.2 Å².